The number of imidazole rings is 1. The van der Waals surface area contributed by atoms with Gasteiger partial charge in [0.05, 0.1) is 28.7 Å². The van der Waals surface area contributed by atoms with Crippen LogP contribution in [0.3, 0.4) is 0 Å². The summed E-state index contributed by atoms with van der Waals surface area (Å²) < 4.78 is 8.33. The second-order valence-corrected chi connectivity index (χ2v) is 7.01. The maximum Gasteiger partial charge on any atom is 0.419 e. The fraction of sp³-hybridized carbons (Fsp3) is 0.235. The Morgan fingerprint density at radius 1 is 1.39 bits per heavy atom. The first-order valence-corrected chi connectivity index (χ1v) is 9.35. The number of aromatic nitrogens is 3. The summed E-state index contributed by atoms with van der Waals surface area (Å²) in [6.07, 6.45) is 4.42. The highest BCUT2D eigenvalue weighted by atomic mass is 32.1. The Labute approximate surface area is 161 Å². The Morgan fingerprint density at radius 3 is 3.04 bits per heavy atom. The summed E-state index contributed by atoms with van der Waals surface area (Å²) in [5.41, 5.74) is 1.25. The fourth-order valence-electron chi connectivity index (χ4n) is 2.92. The molecule has 1 amide bonds. The molecule has 0 spiro atoms. The number of amides is 1. The molecule has 1 aromatic carbocycles. The number of oxazole rings is 1. The van der Waals surface area contributed by atoms with Crippen LogP contribution in [0.25, 0.3) is 16.1 Å². The van der Waals surface area contributed by atoms with Crippen molar-refractivity contribution in [3.8, 4) is 0 Å². The van der Waals surface area contributed by atoms with Crippen molar-refractivity contribution in [3.05, 3.63) is 62.3 Å². The van der Waals surface area contributed by atoms with E-state index in [2.05, 4.69) is 10.3 Å². The number of benzene rings is 1. The summed E-state index contributed by atoms with van der Waals surface area (Å²) >= 11 is 1.52. The van der Waals surface area contributed by atoms with Crippen LogP contribution >= 0.6 is 11.3 Å². The molecule has 3 heterocycles. The van der Waals surface area contributed by atoms with Crippen LogP contribution in [-0.2, 0) is 17.9 Å². The second-order valence-electron chi connectivity index (χ2n) is 6.13. The first-order chi connectivity index (χ1) is 13.5. The van der Waals surface area contributed by atoms with E-state index < -0.39 is 10.7 Å². The molecule has 0 saturated heterocycles. The number of aryl methyl sites for hydroxylation is 1. The molecule has 28 heavy (non-hydrogen) atoms. The number of nitrogens with one attached hydrogen (secondary N) is 1. The van der Waals surface area contributed by atoms with Gasteiger partial charge in [0.25, 0.3) is 5.69 Å². The van der Waals surface area contributed by atoms with Crippen LogP contribution < -0.4 is 11.1 Å². The number of hydrogen-bond acceptors (Lipinski definition) is 7. The number of nitro benzene ring substituents is 1. The van der Waals surface area contributed by atoms with E-state index in [-0.39, 0.29) is 30.1 Å². The van der Waals surface area contributed by atoms with Crippen LogP contribution in [0.15, 0.2) is 45.2 Å². The third-order valence-electron chi connectivity index (χ3n) is 4.26. The van der Waals surface area contributed by atoms with Crippen molar-refractivity contribution < 1.29 is 14.1 Å². The Balaban J connectivity index is 1.33. The smallest absolute Gasteiger partial charge is 0.407 e. The topological polar surface area (TPSA) is 125 Å². The van der Waals surface area contributed by atoms with Crippen LogP contribution in [0.5, 0.6) is 0 Å². The molecule has 0 unspecified atom stereocenters. The molecule has 4 aromatic rings. The normalized spacial score (nSPS) is 11.3. The number of nitrogens with zero attached hydrogens (tertiary/aromatic N) is 4. The predicted octanol–water partition coefficient (Wildman–Crippen LogP) is 2.31. The molecule has 4 rings (SSSR count). The maximum absolute atomic E-state index is 12.0. The number of carbonyl (C=O) groups is 1. The van der Waals surface area contributed by atoms with Gasteiger partial charge in [0.2, 0.25) is 5.91 Å². The Kier molecular flexibility index (Phi) is 4.65. The highest BCUT2D eigenvalue weighted by molar-refractivity contribution is 7.15. The van der Waals surface area contributed by atoms with Gasteiger partial charge in [-0.3, -0.25) is 23.9 Å². The molecule has 0 fully saturated rings. The largest absolute Gasteiger partial charge is 0.419 e. The third kappa shape index (κ3) is 3.51. The lowest BCUT2D eigenvalue weighted by atomic mass is 10.2. The van der Waals surface area contributed by atoms with Gasteiger partial charge in [-0.25, -0.2) is 9.78 Å². The molecular weight excluding hydrogens is 386 g/mol. The lowest BCUT2D eigenvalue weighted by Gasteiger charge is -2.04. The molecule has 0 saturated carbocycles. The number of carbonyl (C=O) groups excluding carboxylic acids is 1. The van der Waals surface area contributed by atoms with Crippen molar-refractivity contribution >= 4 is 39.0 Å². The van der Waals surface area contributed by atoms with Gasteiger partial charge in [0.15, 0.2) is 10.5 Å². The first kappa shape index (κ1) is 17.9. The average Bonchev–Trinajstić information content (AvgIpc) is 3.33. The second kappa shape index (κ2) is 7.27. The van der Waals surface area contributed by atoms with Crippen LogP contribution in [0.2, 0.25) is 0 Å². The van der Waals surface area contributed by atoms with Gasteiger partial charge in [-0.05, 0) is 12.5 Å². The minimum Gasteiger partial charge on any atom is -0.407 e. The first-order valence-electron chi connectivity index (χ1n) is 8.47. The number of hydrogen-bond donors (Lipinski definition) is 1. The molecule has 0 atom stereocenters. The van der Waals surface area contributed by atoms with Crippen LogP contribution in [0.4, 0.5) is 5.69 Å². The van der Waals surface area contributed by atoms with Gasteiger partial charge >= 0.3 is 5.76 Å². The molecule has 1 N–H and O–H groups in total. The molecule has 11 heteroatoms. The lowest BCUT2D eigenvalue weighted by molar-refractivity contribution is -0.384. The standard InChI is InChI=1S/C17H15N5O5S/c23-15(18-9-11-10-20-6-7-28-16(20)19-11)2-1-5-21-13-4-3-12(22(25)26)8-14(13)27-17(21)24/h3-4,6-8,10H,1-2,5,9H2,(H,18,23). The quantitative estimate of drug-likeness (QED) is 0.374. The minimum absolute atomic E-state index is 0.146. The minimum atomic E-state index is -0.603. The van der Waals surface area contributed by atoms with E-state index in [1.54, 1.807) is 0 Å². The van der Waals surface area contributed by atoms with Crippen molar-refractivity contribution in [1.82, 2.24) is 19.3 Å². The van der Waals surface area contributed by atoms with Crippen molar-refractivity contribution in [3.63, 3.8) is 0 Å². The Bertz CT molecular complexity index is 1210. The average molecular weight is 401 g/mol. The van der Waals surface area contributed by atoms with Gasteiger partial charge in [0, 0.05) is 36.8 Å². The summed E-state index contributed by atoms with van der Waals surface area (Å²) in [6, 6.07) is 4.01. The molecule has 0 radical (unpaired) electrons. The van der Waals surface area contributed by atoms with Crippen molar-refractivity contribution in [2.24, 2.45) is 0 Å². The molecule has 10 nitrogen and oxygen atoms in total. The maximum atomic E-state index is 12.0. The lowest BCUT2D eigenvalue weighted by Crippen LogP contribution is -2.23. The van der Waals surface area contributed by atoms with Crippen molar-refractivity contribution in [2.45, 2.75) is 25.9 Å². The van der Waals surface area contributed by atoms with E-state index in [1.165, 1.54) is 34.1 Å². The van der Waals surface area contributed by atoms with E-state index in [9.17, 15) is 19.7 Å². The molecular formula is C17H15N5O5S. The highest BCUT2D eigenvalue weighted by Crippen LogP contribution is 2.20. The Morgan fingerprint density at radius 2 is 2.25 bits per heavy atom. The highest BCUT2D eigenvalue weighted by Gasteiger charge is 2.14. The zero-order chi connectivity index (χ0) is 19.7. The summed E-state index contributed by atoms with van der Waals surface area (Å²) in [7, 11) is 0. The van der Waals surface area contributed by atoms with E-state index in [1.807, 2.05) is 22.2 Å². The van der Waals surface area contributed by atoms with Crippen molar-refractivity contribution in [1.29, 1.82) is 0 Å². The van der Waals surface area contributed by atoms with Crippen LogP contribution in [0, 0.1) is 10.1 Å². The van der Waals surface area contributed by atoms with Gasteiger partial charge in [-0.2, -0.15) is 0 Å². The van der Waals surface area contributed by atoms with Crippen LogP contribution in [0.1, 0.15) is 18.5 Å². The van der Waals surface area contributed by atoms with Gasteiger partial charge in [-0.15, -0.1) is 11.3 Å². The van der Waals surface area contributed by atoms with Gasteiger partial charge in [0.1, 0.15) is 0 Å². The fourth-order valence-corrected chi connectivity index (χ4v) is 3.64. The molecule has 0 aliphatic rings. The number of non-ortho nitro benzene ring substituents is 1. The zero-order valence-electron chi connectivity index (χ0n) is 14.5. The van der Waals surface area contributed by atoms with Crippen LogP contribution in [-0.4, -0.2) is 24.8 Å². The number of nitro groups is 1. The molecule has 0 bridgehead atoms. The Hall–Kier alpha value is -3.47. The van der Waals surface area contributed by atoms with Gasteiger partial charge < -0.3 is 9.73 Å². The summed E-state index contributed by atoms with van der Waals surface area (Å²) in [5.74, 6) is -0.748. The van der Waals surface area contributed by atoms with E-state index >= 15 is 0 Å². The van der Waals surface area contributed by atoms with E-state index in [4.69, 9.17) is 4.42 Å². The molecule has 0 aliphatic carbocycles. The van der Waals surface area contributed by atoms with Gasteiger partial charge in [-0.1, -0.05) is 0 Å². The summed E-state index contributed by atoms with van der Waals surface area (Å²) in [5, 5.41) is 15.6. The summed E-state index contributed by atoms with van der Waals surface area (Å²) in [6.45, 7) is 0.614. The van der Waals surface area contributed by atoms with E-state index in [0.29, 0.717) is 18.5 Å². The van der Waals surface area contributed by atoms with E-state index in [0.717, 1.165) is 10.7 Å². The third-order valence-corrected chi connectivity index (χ3v) is 5.03. The predicted molar refractivity (Wildman–Crippen MR) is 101 cm³/mol. The number of rotatable bonds is 7. The zero-order valence-corrected chi connectivity index (χ0v) is 15.3. The monoisotopic (exact) mass is 401 g/mol. The molecule has 0 aliphatic heterocycles. The summed E-state index contributed by atoms with van der Waals surface area (Å²) in [4.78, 5) is 39.5. The number of thiazole rings is 1. The molecule has 3 aromatic heterocycles. The molecule has 144 valence electrons. The van der Waals surface area contributed by atoms with Crippen molar-refractivity contribution in [2.75, 3.05) is 0 Å². The SMILES string of the molecule is O=C(CCCn1c(=O)oc2cc([N+](=O)[O-])ccc21)NCc1cn2ccsc2n1. The number of fused-ring (bicyclic) bond motifs is 2.